The van der Waals surface area contributed by atoms with E-state index in [1.807, 2.05) is 45.0 Å². The van der Waals surface area contributed by atoms with Crippen LogP contribution in [-0.4, -0.2) is 40.7 Å². The third-order valence-corrected chi connectivity index (χ3v) is 6.14. The molecule has 1 heterocycles. The number of hydrogen-bond acceptors (Lipinski definition) is 3. The van der Waals surface area contributed by atoms with Crippen molar-refractivity contribution in [1.29, 1.82) is 0 Å². The average Bonchev–Trinajstić information content (AvgIpc) is 2.69. The number of para-hydroxylation sites is 1. The van der Waals surface area contributed by atoms with Crippen LogP contribution in [0, 0.1) is 12.8 Å². The zero-order valence-corrected chi connectivity index (χ0v) is 17.0. The van der Waals surface area contributed by atoms with E-state index in [0.29, 0.717) is 0 Å². The quantitative estimate of drug-likeness (QED) is 0.818. The predicted molar refractivity (Wildman–Crippen MR) is 109 cm³/mol. The van der Waals surface area contributed by atoms with E-state index >= 15 is 0 Å². The zero-order chi connectivity index (χ0) is 20.3. The van der Waals surface area contributed by atoms with Crippen LogP contribution in [0.2, 0.25) is 0 Å². The first-order valence-corrected chi connectivity index (χ1v) is 10.4. The van der Waals surface area contributed by atoms with Gasteiger partial charge in [-0.05, 0) is 37.8 Å². The van der Waals surface area contributed by atoms with E-state index in [1.54, 1.807) is 4.90 Å². The molecule has 3 rings (SSSR count). The van der Waals surface area contributed by atoms with Gasteiger partial charge >= 0.3 is 0 Å². The summed E-state index contributed by atoms with van der Waals surface area (Å²) >= 11 is 0. The molecule has 6 heteroatoms. The fourth-order valence-corrected chi connectivity index (χ4v) is 4.28. The van der Waals surface area contributed by atoms with Gasteiger partial charge in [-0.2, -0.15) is 0 Å². The van der Waals surface area contributed by atoms with Gasteiger partial charge in [-0.3, -0.25) is 14.4 Å². The van der Waals surface area contributed by atoms with Gasteiger partial charge in [0.1, 0.15) is 6.04 Å². The maximum atomic E-state index is 13.1. The van der Waals surface area contributed by atoms with Crippen molar-refractivity contribution >= 4 is 23.4 Å². The molecule has 1 saturated heterocycles. The van der Waals surface area contributed by atoms with Crippen molar-refractivity contribution in [3.63, 3.8) is 0 Å². The number of anilines is 1. The van der Waals surface area contributed by atoms with E-state index in [9.17, 15) is 14.4 Å². The maximum absolute atomic E-state index is 13.1. The first-order chi connectivity index (χ1) is 13.4. The molecule has 0 spiro atoms. The predicted octanol–water partition coefficient (Wildman–Crippen LogP) is 3.01. The van der Waals surface area contributed by atoms with E-state index in [0.717, 1.165) is 43.4 Å². The molecule has 1 aliphatic heterocycles. The molecule has 1 aromatic rings. The van der Waals surface area contributed by atoms with Crippen molar-refractivity contribution in [2.24, 2.45) is 5.92 Å². The molecule has 4 atom stereocenters. The molecule has 0 aromatic heterocycles. The van der Waals surface area contributed by atoms with Crippen LogP contribution in [0.15, 0.2) is 24.3 Å². The average molecular weight is 386 g/mol. The van der Waals surface area contributed by atoms with Gasteiger partial charge in [0, 0.05) is 17.6 Å². The second-order valence-corrected chi connectivity index (χ2v) is 8.10. The Hall–Kier alpha value is -2.37. The minimum absolute atomic E-state index is 0.00457. The second-order valence-electron chi connectivity index (χ2n) is 8.10. The molecule has 0 unspecified atom stereocenters. The summed E-state index contributed by atoms with van der Waals surface area (Å²) in [6, 6.07) is 6.79. The van der Waals surface area contributed by atoms with E-state index in [2.05, 4.69) is 10.6 Å². The Morgan fingerprint density at radius 2 is 1.96 bits per heavy atom. The first-order valence-electron chi connectivity index (χ1n) is 10.4. The van der Waals surface area contributed by atoms with Crippen molar-refractivity contribution in [3.8, 4) is 0 Å². The molecule has 2 fully saturated rings. The number of hydrogen-bond donors (Lipinski definition) is 2. The zero-order valence-electron chi connectivity index (χ0n) is 17.0. The number of carbonyl (C=O) groups is 3. The second kappa shape index (κ2) is 8.76. The lowest BCUT2D eigenvalue weighted by molar-refractivity contribution is -0.154. The molecule has 1 aromatic carbocycles. The Morgan fingerprint density at radius 1 is 1.25 bits per heavy atom. The molecular formula is C22H31N3O3. The van der Waals surface area contributed by atoms with Crippen molar-refractivity contribution in [2.45, 2.75) is 77.4 Å². The molecule has 1 saturated carbocycles. The lowest BCUT2D eigenvalue weighted by Gasteiger charge is -2.48. The van der Waals surface area contributed by atoms with Gasteiger partial charge in [-0.25, -0.2) is 0 Å². The van der Waals surface area contributed by atoms with Crippen LogP contribution in [0.5, 0.6) is 0 Å². The van der Waals surface area contributed by atoms with E-state index in [-0.39, 0.29) is 42.1 Å². The van der Waals surface area contributed by atoms with Gasteiger partial charge in [0.25, 0.3) is 0 Å². The molecular weight excluding hydrogens is 354 g/mol. The largest absolute Gasteiger partial charge is 0.349 e. The normalized spacial score (nSPS) is 25.5. The van der Waals surface area contributed by atoms with Gasteiger partial charge in [0.05, 0.1) is 12.5 Å². The number of benzene rings is 1. The summed E-state index contributed by atoms with van der Waals surface area (Å²) in [6.07, 6.45) is 4.57. The smallest absolute Gasteiger partial charge is 0.243 e. The summed E-state index contributed by atoms with van der Waals surface area (Å²) in [5, 5.41) is 5.97. The standard InChI is InChI=1S/C22H31N3O3/c1-4-14(2)22(28)25-18-12-8-7-11-17(18)24-21(27)19(25)13-20(26)23-16-10-6-5-9-15(16)3/h5-6,9-10,14,17-19H,4,7-8,11-13H2,1-3H3,(H,23,26)(H,24,27)/t14-,17+,18-,19+/m0/s1. The third kappa shape index (κ3) is 4.21. The van der Waals surface area contributed by atoms with Gasteiger partial charge in [0.2, 0.25) is 17.7 Å². The van der Waals surface area contributed by atoms with Gasteiger partial charge in [-0.15, -0.1) is 0 Å². The number of carbonyl (C=O) groups excluding carboxylic acids is 3. The van der Waals surface area contributed by atoms with Gasteiger partial charge in [0.15, 0.2) is 0 Å². The Kier molecular flexibility index (Phi) is 6.37. The lowest BCUT2D eigenvalue weighted by atomic mass is 9.84. The summed E-state index contributed by atoms with van der Waals surface area (Å²) in [5.74, 6) is -0.622. The van der Waals surface area contributed by atoms with E-state index < -0.39 is 6.04 Å². The van der Waals surface area contributed by atoms with E-state index in [4.69, 9.17) is 0 Å². The van der Waals surface area contributed by atoms with Crippen LogP contribution in [0.4, 0.5) is 5.69 Å². The SMILES string of the molecule is CC[C@H](C)C(=O)N1[C@H](CC(=O)Nc2ccccc2C)C(=O)N[C@@H]2CCCC[C@@H]21. The topological polar surface area (TPSA) is 78.5 Å². The highest BCUT2D eigenvalue weighted by Gasteiger charge is 2.46. The molecule has 6 nitrogen and oxygen atoms in total. The minimum atomic E-state index is -0.745. The first kappa shape index (κ1) is 20.4. The Morgan fingerprint density at radius 3 is 2.68 bits per heavy atom. The summed E-state index contributed by atoms with van der Waals surface area (Å²) in [5.41, 5.74) is 1.70. The van der Waals surface area contributed by atoms with Crippen LogP contribution in [-0.2, 0) is 14.4 Å². The van der Waals surface area contributed by atoms with Crippen molar-refractivity contribution in [2.75, 3.05) is 5.32 Å². The third-order valence-electron chi connectivity index (χ3n) is 6.14. The van der Waals surface area contributed by atoms with Crippen LogP contribution in [0.1, 0.15) is 57.9 Å². The highest BCUT2D eigenvalue weighted by molar-refractivity contribution is 5.98. The summed E-state index contributed by atoms with van der Waals surface area (Å²) in [7, 11) is 0. The summed E-state index contributed by atoms with van der Waals surface area (Å²) in [4.78, 5) is 40.5. The number of aryl methyl sites for hydroxylation is 1. The Bertz CT molecular complexity index is 748. The van der Waals surface area contributed by atoms with Gasteiger partial charge < -0.3 is 15.5 Å². The number of fused-ring (bicyclic) bond motifs is 1. The van der Waals surface area contributed by atoms with Crippen LogP contribution in [0.25, 0.3) is 0 Å². The Balaban J connectivity index is 1.81. The summed E-state index contributed by atoms with van der Waals surface area (Å²) < 4.78 is 0. The lowest BCUT2D eigenvalue weighted by Crippen LogP contribution is -2.68. The van der Waals surface area contributed by atoms with Crippen LogP contribution < -0.4 is 10.6 Å². The highest BCUT2D eigenvalue weighted by atomic mass is 16.2. The van der Waals surface area contributed by atoms with E-state index in [1.165, 1.54) is 0 Å². The number of nitrogens with one attached hydrogen (secondary N) is 2. The highest BCUT2D eigenvalue weighted by Crippen LogP contribution is 2.31. The number of amides is 3. The fourth-order valence-electron chi connectivity index (χ4n) is 4.28. The van der Waals surface area contributed by atoms with Crippen molar-refractivity contribution < 1.29 is 14.4 Å². The number of rotatable bonds is 5. The maximum Gasteiger partial charge on any atom is 0.243 e. The monoisotopic (exact) mass is 385 g/mol. The molecule has 1 aliphatic carbocycles. The molecule has 28 heavy (non-hydrogen) atoms. The van der Waals surface area contributed by atoms with Gasteiger partial charge in [-0.1, -0.05) is 44.9 Å². The summed E-state index contributed by atoms with van der Waals surface area (Å²) in [6.45, 7) is 5.80. The van der Waals surface area contributed by atoms with Crippen molar-refractivity contribution in [1.82, 2.24) is 10.2 Å². The molecule has 152 valence electrons. The molecule has 0 bridgehead atoms. The molecule has 2 aliphatic rings. The number of piperazine rings is 1. The molecule has 3 amide bonds. The van der Waals surface area contributed by atoms with Crippen molar-refractivity contribution in [3.05, 3.63) is 29.8 Å². The minimum Gasteiger partial charge on any atom is -0.349 e. The fraction of sp³-hybridized carbons (Fsp3) is 0.591. The molecule has 0 radical (unpaired) electrons. The Labute approximate surface area is 167 Å². The number of nitrogens with zero attached hydrogens (tertiary/aromatic N) is 1. The van der Waals surface area contributed by atoms with Crippen LogP contribution in [0.3, 0.4) is 0 Å². The molecule has 2 N–H and O–H groups in total. The van der Waals surface area contributed by atoms with Crippen LogP contribution >= 0.6 is 0 Å².